The van der Waals surface area contributed by atoms with Crippen molar-refractivity contribution >= 4 is 27.7 Å². The van der Waals surface area contributed by atoms with Crippen LogP contribution in [-0.2, 0) is 26.3 Å². The second-order valence-electron chi connectivity index (χ2n) is 9.54. The van der Waals surface area contributed by atoms with Gasteiger partial charge in [-0.05, 0) is 57.5 Å². The smallest absolute Gasteiger partial charge is 0.304 e. The number of para-hydroxylation sites is 1. The third kappa shape index (κ3) is 7.41. The van der Waals surface area contributed by atoms with Gasteiger partial charge in [-0.1, -0.05) is 24.3 Å². The number of nitrogens with one attached hydrogen (secondary N) is 1. The number of anilines is 1. The summed E-state index contributed by atoms with van der Waals surface area (Å²) in [5.74, 6) is -1.32. The Kier molecular flexibility index (Phi) is 9.44. The summed E-state index contributed by atoms with van der Waals surface area (Å²) in [5.41, 5.74) is -0.151. The molecule has 0 saturated carbocycles. The number of halogens is 1. The normalized spacial score (nSPS) is 12.7. The van der Waals surface area contributed by atoms with Crippen molar-refractivity contribution in [3.05, 3.63) is 59.9 Å². The number of rotatable bonds is 10. The van der Waals surface area contributed by atoms with Crippen molar-refractivity contribution in [3.8, 4) is 5.75 Å². The highest BCUT2D eigenvalue weighted by molar-refractivity contribution is 7.90. The molecule has 11 heteroatoms. The van der Waals surface area contributed by atoms with Crippen molar-refractivity contribution in [2.75, 3.05) is 32.1 Å². The minimum atomic E-state index is -4.24. The highest BCUT2D eigenvalue weighted by Crippen LogP contribution is 2.24. The van der Waals surface area contributed by atoms with Gasteiger partial charge in [0.05, 0.1) is 12.8 Å². The van der Waals surface area contributed by atoms with Gasteiger partial charge < -0.3 is 15.0 Å². The van der Waals surface area contributed by atoms with Crippen molar-refractivity contribution in [3.63, 3.8) is 0 Å². The SMILES string of the molecule is COc1cccc(CN(C(=O)CN(c2ccccc2F)S(=O)(=O)N(C)C)[C@@H](C)C(=O)NC(C)(C)C)c1. The van der Waals surface area contributed by atoms with Gasteiger partial charge in [0, 0.05) is 26.2 Å². The van der Waals surface area contributed by atoms with Crippen molar-refractivity contribution in [2.24, 2.45) is 0 Å². The molecule has 2 aromatic carbocycles. The molecular formula is C25H35FN4O5S. The highest BCUT2D eigenvalue weighted by Gasteiger charge is 2.34. The number of nitrogens with zero attached hydrogens (tertiary/aromatic N) is 3. The first-order valence-corrected chi connectivity index (χ1v) is 12.8. The van der Waals surface area contributed by atoms with Crippen LogP contribution >= 0.6 is 0 Å². The maximum atomic E-state index is 14.7. The van der Waals surface area contributed by atoms with Crippen LogP contribution in [0.3, 0.4) is 0 Å². The number of carbonyl (C=O) groups excluding carboxylic acids is 2. The fraction of sp³-hybridized carbons (Fsp3) is 0.440. The molecule has 0 aliphatic carbocycles. The van der Waals surface area contributed by atoms with Gasteiger partial charge >= 0.3 is 10.2 Å². The fourth-order valence-electron chi connectivity index (χ4n) is 3.38. The van der Waals surface area contributed by atoms with Crippen LogP contribution in [0.4, 0.5) is 10.1 Å². The zero-order valence-corrected chi connectivity index (χ0v) is 22.6. The van der Waals surface area contributed by atoms with Crippen LogP contribution in [0.2, 0.25) is 0 Å². The lowest BCUT2D eigenvalue weighted by molar-refractivity contribution is -0.140. The first-order chi connectivity index (χ1) is 16.7. The molecule has 0 heterocycles. The van der Waals surface area contributed by atoms with Crippen LogP contribution in [0.1, 0.15) is 33.3 Å². The van der Waals surface area contributed by atoms with E-state index in [-0.39, 0.29) is 12.2 Å². The number of methoxy groups -OCH3 is 1. The Hall–Kier alpha value is -3.18. The maximum Gasteiger partial charge on any atom is 0.304 e. The molecule has 9 nitrogen and oxygen atoms in total. The molecule has 2 aromatic rings. The zero-order valence-electron chi connectivity index (χ0n) is 21.8. The summed E-state index contributed by atoms with van der Waals surface area (Å²) in [4.78, 5) is 27.9. The van der Waals surface area contributed by atoms with Gasteiger partial charge in [-0.2, -0.15) is 12.7 Å². The Morgan fingerprint density at radius 3 is 2.28 bits per heavy atom. The van der Waals surface area contributed by atoms with Gasteiger partial charge in [0.15, 0.2) is 0 Å². The number of ether oxygens (including phenoxy) is 1. The predicted octanol–water partition coefficient (Wildman–Crippen LogP) is 2.78. The largest absolute Gasteiger partial charge is 0.497 e. The van der Waals surface area contributed by atoms with Crippen molar-refractivity contribution in [1.29, 1.82) is 0 Å². The molecule has 0 fully saturated rings. The molecule has 1 atom stereocenters. The molecule has 2 amide bonds. The van der Waals surface area contributed by atoms with Gasteiger partial charge in [0.25, 0.3) is 0 Å². The first-order valence-electron chi connectivity index (χ1n) is 11.4. The van der Waals surface area contributed by atoms with Gasteiger partial charge in [0.2, 0.25) is 11.8 Å². The highest BCUT2D eigenvalue weighted by atomic mass is 32.2. The number of hydrogen-bond donors (Lipinski definition) is 1. The van der Waals surface area contributed by atoms with Crippen LogP contribution in [0.15, 0.2) is 48.5 Å². The summed E-state index contributed by atoms with van der Waals surface area (Å²) in [7, 11) is -0.144. The Morgan fingerprint density at radius 1 is 1.08 bits per heavy atom. The number of carbonyl (C=O) groups is 2. The van der Waals surface area contributed by atoms with Crippen LogP contribution in [-0.4, -0.2) is 68.8 Å². The monoisotopic (exact) mass is 522 g/mol. The molecule has 0 saturated heterocycles. The standard InChI is InChI=1S/C25H35FN4O5S/c1-18(24(32)27-25(2,3)4)29(16-19-11-10-12-20(15-19)35-7)23(31)17-30(36(33,34)28(5)6)22-14-9-8-13-21(22)26/h8-15,18H,16-17H2,1-7H3,(H,27,32)/t18-/m0/s1. The van der Waals surface area contributed by atoms with E-state index in [4.69, 9.17) is 4.74 Å². The lowest BCUT2D eigenvalue weighted by atomic mass is 10.1. The lowest BCUT2D eigenvalue weighted by Gasteiger charge is -2.34. The van der Waals surface area contributed by atoms with Crippen LogP contribution in [0.25, 0.3) is 0 Å². The van der Waals surface area contributed by atoms with E-state index in [0.717, 1.165) is 10.4 Å². The van der Waals surface area contributed by atoms with Gasteiger partial charge in [-0.25, -0.2) is 8.70 Å². The Morgan fingerprint density at radius 2 is 1.72 bits per heavy atom. The maximum absolute atomic E-state index is 14.7. The molecule has 1 N–H and O–H groups in total. The molecule has 0 spiro atoms. The molecule has 36 heavy (non-hydrogen) atoms. The lowest BCUT2D eigenvalue weighted by Crippen LogP contribution is -2.55. The fourth-order valence-corrected chi connectivity index (χ4v) is 4.44. The molecule has 0 aliphatic heterocycles. The minimum absolute atomic E-state index is 0.00187. The second kappa shape index (κ2) is 11.7. The first kappa shape index (κ1) is 29.1. The van der Waals surface area contributed by atoms with E-state index in [2.05, 4.69) is 5.32 Å². The van der Waals surface area contributed by atoms with E-state index in [1.54, 1.807) is 31.2 Å². The third-order valence-electron chi connectivity index (χ3n) is 5.29. The summed E-state index contributed by atoms with van der Waals surface area (Å²) in [6.07, 6.45) is 0. The van der Waals surface area contributed by atoms with Crippen molar-refractivity contribution < 1.29 is 27.1 Å². The number of benzene rings is 2. The van der Waals surface area contributed by atoms with E-state index in [1.807, 2.05) is 20.8 Å². The number of amides is 2. The molecule has 2 rings (SSSR count). The van der Waals surface area contributed by atoms with Crippen molar-refractivity contribution in [1.82, 2.24) is 14.5 Å². The average molecular weight is 523 g/mol. The van der Waals surface area contributed by atoms with Gasteiger partial charge in [0.1, 0.15) is 24.2 Å². The summed E-state index contributed by atoms with van der Waals surface area (Å²) in [6, 6.07) is 11.3. The Bertz CT molecular complexity index is 1180. The van der Waals surface area contributed by atoms with Crippen LogP contribution in [0, 0.1) is 5.82 Å². The molecule has 0 aromatic heterocycles. The molecule has 0 radical (unpaired) electrons. The second-order valence-corrected chi connectivity index (χ2v) is 11.6. The predicted molar refractivity (Wildman–Crippen MR) is 137 cm³/mol. The average Bonchev–Trinajstić information content (AvgIpc) is 2.79. The van der Waals surface area contributed by atoms with E-state index >= 15 is 0 Å². The molecule has 198 valence electrons. The Labute approximate surface area is 213 Å². The minimum Gasteiger partial charge on any atom is -0.497 e. The van der Waals surface area contributed by atoms with Crippen molar-refractivity contribution in [2.45, 2.75) is 45.8 Å². The molecular weight excluding hydrogens is 487 g/mol. The quantitative estimate of drug-likeness (QED) is 0.517. The Balaban J connectivity index is 2.50. The molecule has 0 unspecified atom stereocenters. The third-order valence-corrected chi connectivity index (χ3v) is 7.10. The van der Waals surface area contributed by atoms with E-state index < -0.39 is 46.0 Å². The summed E-state index contributed by atoms with van der Waals surface area (Å²) in [5, 5.41) is 2.85. The van der Waals surface area contributed by atoms with E-state index in [1.165, 1.54) is 44.3 Å². The van der Waals surface area contributed by atoms with Gasteiger partial charge in [-0.3, -0.25) is 9.59 Å². The van der Waals surface area contributed by atoms with Crippen LogP contribution < -0.4 is 14.4 Å². The number of hydrogen-bond acceptors (Lipinski definition) is 5. The van der Waals surface area contributed by atoms with E-state index in [9.17, 15) is 22.4 Å². The summed E-state index contributed by atoms with van der Waals surface area (Å²) in [6.45, 7) is 6.30. The van der Waals surface area contributed by atoms with Gasteiger partial charge in [-0.15, -0.1) is 0 Å². The zero-order chi connectivity index (χ0) is 27.3. The summed E-state index contributed by atoms with van der Waals surface area (Å²) < 4.78 is 47.7. The molecule has 0 aliphatic rings. The summed E-state index contributed by atoms with van der Waals surface area (Å²) >= 11 is 0. The van der Waals surface area contributed by atoms with E-state index in [0.29, 0.717) is 15.6 Å². The topological polar surface area (TPSA) is 99.3 Å². The van der Waals surface area contributed by atoms with Crippen LogP contribution in [0.5, 0.6) is 5.75 Å². The molecule has 0 bridgehead atoms.